The lowest BCUT2D eigenvalue weighted by atomic mass is 10.3. The Morgan fingerprint density at radius 2 is 2.29 bits per heavy atom. The van der Waals surface area contributed by atoms with Crippen molar-refractivity contribution < 1.29 is 23.8 Å². The van der Waals surface area contributed by atoms with Gasteiger partial charge in [0, 0.05) is 12.2 Å². The van der Waals surface area contributed by atoms with Crippen molar-refractivity contribution in [2.75, 3.05) is 13.2 Å². The minimum absolute atomic E-state index is 0.0268. The number of carbonyl (C=O) groups is 1. The van der Waals surface area contributed by atoms with E-state index in [4.69, 9.17) is 19.0 Å². The Morgan fingerprint density at radius 3 is 2.82 bits per heavy atom. The van der Waals surface area contributed by atoms with E-state index in [0.717, 1.165) is 0 Å². The van der Waals surface area contributed by atoms with Crippen molar-refractivity contribution in [1.82, 2.24) is 0 Å². The van der Waals surface area contributed by atoms with E-state index in [1.807, 2.05) is 13.8 Å². The molecule has 1 unspecified atom stereocenters. The van der Waals surface area contributed by atoms with Crippen molar-refractivity contribution in [2.24, 2.45) is 0 Å². The van der Waals surface area contributed by atoms with E-state index in [9.17, 15) is 4.79 Å². The Labute approximate surface area is 100 Å². The Hall–Kier alpha value is -1.33. The molecule has 1 N–H and O–H groups in total. The first-order valence-electron chi connectivity index (χ1n) is 5.56. The number of ether oxygens (including phenoxy) is 2. The van der Waals surface area contributed by atoms with Crippen LogP contribution in [0.15, 0.2) is 10.5 Å². The summed E-state index contributed by atoms with van der Waals surface area (Å²) < 4.78 is 15.8. The van der Waals surface area contributed by atoms with Crippen LogP contribution in [0.2, 0.25) is 0 Å². The molecule has 0 radical (unpaired) electrons. The topological polar surface area (TPSA) is 68.9 Å². The lowest BCUT2D eigenvalue weighted by Crippen LogP contribution is -2.15. The fraction of sp³-hybridized carbons (Fsp3) is 0.583. The highest BCUT2D eigenvalue weighted by Gasteiger charge is 2.14. The molecule has 17 heavy (non-hydrogen) atoms. The van der Waals surface area contributed by atoms with E-state index in [2.05, 4.69) is 0 Å². The maximum Gasteiger partial charge on any atom is 0.372 e. The summed E-state index contributed by atoms with van der Waals surface area (Å²) in [5.41, 5.74) is 0.605. The lowest BCUT2D eigenvalue weighted by Gasteiger charge is -2.11. The summed E-state index contributed by atoms with van der Waals surface area (Å²) in [6.45, 7) is 6.92. The normalized spacial score (nSPS) is 12.6. The highest BCUT2D eigenvalue weighted by Crippen LogP contribution is 2.15. The quantitative estimate of drug-likeness (QED) is 0.794. The molecule has 1 rings (SSSR count). The van der Waals surface area contributed by atoms with Crippen LogP contribution in [-0.2, 0) is 16.1 Å². The molecule has 0 aliphatic carbocycles. The summed E-state index contributed by atoms with van der Waals surface area (Å²) in [4.78, 5) is 10.8. The second kappa shape index (κ2) is 6.42. The number of hydrogen-bond donors (Lipinski definition) is 1. The summed E-state index contributed by atoms with van der Waals surface area (Å²) in [6, 6.07) is 1.68. The van der Waals surface area contributed by atoms with Gasteiger partial charge in [-0.1, -0.05) is 0 Å². The third-order valence-corrected chi connectivity index (χ3v) is 2.23. The van der Waals surface area contributed by atoms with E-state index < -0.39 is 5.97 Å². The molecule has 0 bridgehead atoms. The predicted molar refractivity (Wildman–Crippen MR) is 61.1 cm³/mol. The van der Waals surface area contributed by atoms with Crippen LogP contribution in [0.25, 0.3) is 0 Å². The van der Waals surface area contributed by atoms with E-state index in [0.29, 0.717) is 24.5 Å². The monoisotopic (exact) mass is 242 g/mol. The van der Waals surface area contributed by atoms with Gasteiger partial charge in [-0.15, -0.1) is 0 Å². The lowest BCUT2D eigenvalue weighted by molar-refractivity contribution is -0.0173. The standard InChI is InChI=1S/C12H18O5/c1-4-15-6-9(3)16-7-10-5-8(2)11(17-10)12(13)14/h5,9H,4,6-7H2,1-3H3,(H,13,14). The first kappa shape index (κ1) is 13.7. The highest BCUT2D eigenvalue weighted by molar-refractivity contribution is 5.86. The second-order valence-corrected chi connectivity index (χ2v) is 3.81. The number of furan rings is 1. The summed E-state index contributed by atoms with van der Waals surface area (Å²) >= 11 is 0. The molecular weight excluding hydrogens is 224 g/mol. The Bertz CT molecular complexity index is 369. The minimum atomic E-state index is -1.06. The van der Waals surface area contributed by atoms with Crippen molar-refractivity contribution in [3.05, 3.63) is 23.2 Å². The summed E-state index contributed by atoms with van der Waals surface area (Å²) in [5.74, 6) is -0.569. The largest absolute Gasteiger partial charge is 0.475 e. The van der Waals surface area contributed by atoms with Crippen molar-refractivity contribution in [1.29, 1.82) is 0 Å². The van der Waals surface area contributed by atoms with Crippen LogP contribution < -0.4 is 0 Å². The van der Waals surface area contributed by atoms with Crippen molar-refractivity contribution in [3.8, 4) is 0 Å². The van der Waals surface area contributed by atoms with Crippen LogP contribution in [0.3, 0.4) is 0 Å². The molecule has 0 aromatic carbocycles. The average Bonchev–Trinajstić information content (AvgIpc) is 2.65. The number of carboxylic acid groups (broad SMARTS) is 1. The zero-order chi connectivity index (χ0) is 12.8. The number of hydrogen-bond acceptors (Lipinski definition) is 4. The number of carboxylic acids is 1. The number of aromatic carboxylic acids is 1. The van der Waals surface area contributed by atoms with Gasteiger partial charge < -0.3 is 19.0 Å². The van der Waals surface area contributed by atoms with Gasteiger partial charge in [0.25, 0.3) is 0 Å². The average molecular weight is 242 g/mol. The number of aryl methyl sites for hydroxylation is 1. The Kier molecular flexibility index (Phi) is 5.18. The molecular formula is C12H18O5. The van der Waals surface area contributed by atoms with Crippen molar-refractivity contribution >= 4 is 5.97 Å². The molecule has 1 heterocycles. The highest BCUT2D eigenvalue weighted by atomic mass is 16.5. The SMILES string of the molecule is CCOCC(C)OCc1cc(C)c(C(=O)O)o1. The molecule has 0 saturated heterocycles. The number of rotatable bonds is 7. The van der Waals surface area contributed by atoms with Crippen molar-refractivity contribution in [3.63, 3.8) is 0 Å². The maximum absolute atomic E-state index is 10.8. The second-order valence-electron chi connectivity index (χ2n) is 3.81. The van der Waals surface area contributed by atoms with Crippen LogP contribution >= 0.6 is 0 Å². The molecule has 5 heteroatoms. The van der Waals surface area contributed by atoms with Crippen LogP contribution in [0.1, 0.15) is 35.7 Å². The van der Waals surface area contributed by atoms with Gasteiger partial charge in [-0.05, 0) is 26.8 Å². The van der Waals surface area contributed by atoms with Gasteiger partial charge in [0.2, 0.25) is 5.76 Å². The first-order valence-corrected chi connectivity index (χ1v) is 5.56. The van der Waals surface area contributed by atoms with Crippen LogP contribution in [-0.4, -0.2) is 30.4 Å². The summed E-state index contributed by atoms with van der Waals surface area (Å²) in [5, 5.41) is 8.82. The first-order chi connectivity index (χ1) is 8.04. The van der Waals surface area contributed by atoms with Gasteiger partial charge in [0.1, 0.15) is 12.4 Å². The van der Waals surface area contributed by atoms with Gasteiger partial charge in [-0.25, -0.2) is 4.79 Å². The van der Waals surface area contributed by atoms with Crippen molar-refractivity contribution in [2.45, 2.75) is 33.5 Å². The van der Waals surface area contributed by atoms with Gasteiger partial charge in [-0.3, -0.25) is 0 Å². The van der Waals surface area contributed by atoms with Gasteiger partial charge >= 0.3 is 5.97 Å². The molecule has 5 nitrogen and oxygen atoms in total. The zero-order valence-corrected chi connectivity index (χ0v) is 10.4. The predicted octanol–water partition coefficient (Wildman–Crippen LogP) is 2.23. The molecule has 0 aliphatic heterocycles. The molecule has 0 saturated carbocycles. The molecule has 1 atom stereocenters. The molecule has 1 aromatic heterocycles. The van der Waals surface area contributed by atoms with Crippen LogP contribution in [0.4, 0.5) is 0 Å². The van der Waals surface area contributed by atoms with Crippen LogP contribution in [0, 0.1) is 6.92 Å². The summed E-state index contributed by atoms with van der Waals surface area (Å²) in [6.07, 6.45) is -0.0476. The van der Waals surface area contributed by atoms with Gasteiger partial charge in [0.15, 0.2) is 0 Å². The maximum atomic E-state index is 10.8. The molecule has 0 fully saturated rings. The van der Waals surface area contributed by atoms with Crippen LogP contribution in [0.5, 0.6) is 0 Å². The Morgan fingerprint density at radius 1 is 1.59 bits per heavy atom. The molecule has 96 valence electrons. The van der Waals surface area contributed by atoms with E-state index in [-0.39, 0.29) is 18.5 Å². The van der Waals surface area contributed by atoms with Gasteiger partial charge in [-0.2, -0.15) is 0 Å². The van der Waals surface area contributed by atoms with Gasteiger partial charge in [0.05, 0.1) is 12.7 Å². The fourth-order valence-corrected chi connectivity index (χ4v) is 1.39. The Balaban J connectivity index is 2.47. The van der Waals surface area contributed by atoms with E-state index in [1.54, 1.807) is 13.0 Å². The third-order valence-electron chi connectivity index (χ3n) is 2.23. The minimum Gasteiger partial charge on any atom is -0.475 e. The molecule has 0 spiro atoms. The smallest absolute Gasteiger partial charge is 0.372 e. The fourth-order valence-electron chi connectivity index (χ4n) is 1.39. The third kappa shape index (κ3) is 4.20. The summed E-state index contributed by atoms with van der Waals surface area (Å²) in [7, 11) is 0. The zero-order valence-electron chi connectivity index (χ0n) is 10.4. The van der Waals surface area contributed by atoms with E-state index in [1.165, 1.54) is 0 Å². The van der Waals surface area contributed by atoms with E-state index >= 15 is 0 Å². The molecule has 0 aliphatic rings. The molecule has 1 aromatic rings. The molecule has 0 amide bonds.